The van der Waals surface area contributed by atoms with Crippen molar-refractivity contribution in [3.63, 3.8) is 0 Å². The molecule has 100 valence electrons. The Kier molecular flexibility index (Phi) is 4.78. The Hall–Kier alpha value is -0.353. The molecule has 0 unspecified atom stereocenters. The van der Waals surface area contributed by atoms with Crippen molar-refractivity contribution in [2.24, 2.45) is 0 Å². The fourth-order valence-corrected chi connectivity index (χ4v) is 8.57. The second-order valence-corrected chi connectivity index (χ2v) is 11.5. The lowest BCUT2D eigenvalue weighted by Gasteiger charge is -2.44. The summed E-state index contributed by atoms with van der Waals surface area (Å²) < 4.78 is 6.33. The van der Waals surface area contributed by atoms with Gasteiger partial charge in [-0.3, -0.25) is 4.79 Å². The third-order valence-corrected chi connectivity index (χ3v) is 10.2. The number of hydrogen-bond acceptors (Lipinski definition) is 2. The molecule has 0 radical (unpaired) electrons. The Balaban J connectivity index is 2.71. The van der Waals surface area contributed by atoms with E-state index in [1.54, 1.807) is 0 Å². The molecule has 0 aromatic rings. The summed E-state index contributed by atoms with van der Waals surface area (Å²) in [6.07, 6.45) is 0.697. The summed E-state index contributed by atoms with van der Waals surface area (Å²) in [5.74, 6) is 0.240. The van der Waals surface area contributed by atoms with Crippen molar-refractivity contribution in [2.75, 3.05) is 13.3 Å². The van der Waals surface area contributed by atoms with Crippen LogP contribution in [0.2, 0.25) is 16.6 Å². The molecular weight excluding hydrogens is 230 g/mol. The Labute approximate surface area is 107 Å². The lowest BCUT2D eigenvalue weighted by atomic mass is 10.2. The smallest absolute Gasteiger partial charge is 0.226 e. The average Bonchev–Trinajstić information content (AvgIpc) is 2.20. The highest BCUT2D eigenvalue weighted by Gasteiger charge is 2.45. The number of rotatable bonds is 6. The van der Waals surface area contributed by atoms with Gasteiger partial charge < -0.3 is 9.33 Å². The highest BCUT2D eigenvalue weighted by molar-refractivity contribution is 6.77. The standard InChI is InChI=1S/C13H27NO2Si/c1-10(2)17(11(3)4,12(5)6)16-9-14-8-7-13(14)15/h10-12H,7-9H2,1-6H3. The number of carbonyl (C=O) groups is 1. The van der Waals surface area contributed by atoms with Crippen LogP contribution in [-0.2, 0) is 9.22 Å². The number of likely N-dealkylation sites (tertiary alicyclic amines) is 1. The zero-order chi connectivity index (χ0) is 13.2. The van der Waals surface area contributed by atoms with Crippen molar-refractivity contribution in [3.05, 3.63) is 0 Å². The maximum atomic E-state index is 11.3. The van der Waals surface area contributed by atoms with Crippen LogP contribution in [-0.4, -0.2) is 32.4 Å². The topological polar surface area (TPSA) is 29.5 Å². The minimum atomic E-state index is -1.80. The molecule has 3 nitrogen and oxygen atoms in total. The second-order valence-electron chi connectivity index (χ2n) is 6.00. The van der Waals surface area contributed by atoms with Crippen LogP contribution in [0.15, 0.2) is 0 Å². The van der Waals surface area contributed by atoms with Gasteiger partial charge >= 0.3 is 0 Å². The highest BCUT2D eigenvalue weighted by Crippen LogP contribution is 2.42. The van der Waals surface area contributed by atoms with Crippen molar-refractivity contribution in [2.45, 2.75) is 64.6 Å². The van der Waals surface area contributed by atoms with Crippen LogP contribution in [0.4, 0.5) is 0 Å². The molecule has 1 rings (SSSR count). The van der Waals surface area contributed by atoms with Gasteiger partial charge in [-0.05, 0) is 16.6 Å². The van der Waals surface area contributed by atoms with E-state index in [4.69, 9.17) is 4.43 Å². The monoisotopic (exact) mass is 257 g/mol. The van der Waals surface area contributed by atoms with Gasteiger partial charge in [-0.2, -0.15) is 0 Å². The molecule has 0 atom stereocenters. The van der Waals surface area contributed by atoms with Gasteiger partial charge in [-0.25, -0.2) is 0 Å². The summed E-state index contributed by atoms with van der Waals surface area (Å²) in [6.45, 7) is 15.0. The first-order chi connectivity index (χ1) is 7.82. The molecule has 0 bridgehead atoms. The number of β-lactam (4-membered cyclic amide) rings is 1. The quantitative estimate of drug-likeness (QED) is 0.539. The van der Waals surface area contributed by atoms with Crippen molar-refractivity contribution < 1.29 is 9.22 Å². The predicted molar refractivity (Wildman–Crippen MR) is 73.3 cm³/mol. The molecule has 0 aromatic heterocycles. The van der Waals surface area contributed by atoms with Gasteiger partial charge in [0.15, 0.2) is 0 Å². The minimum Gasteiger partial charge on any atom is -0.399 e. The molecule has 0 saturated carbocycles. The third kappa shape index (κ3) is 2.73. The molecule has 1 aliphatic rings. The molecule has 0 N–H and O–H groups in total. The fraction of sp³-hybridized carbons (Fsp3) is 0.923. The average molecular weight is 257 g/mol. The van der Waals surface area contributed by atoms with Gasteiger partial charge in [-0.15, -0.1) is 0 Å². The summed E-state index contributed by atoms with van der Waals surface area (Å²) in [7, 11) is -1.80. The van der Waals surface area contributed by atoms with Gasteiger partial charge in [0.05, 0.1) is 0 Å². The van der Waals surface area contributed by atoms with Crippen molar-refractivity contribution in [1.29, 1.82) is 0 Å². The first-order valence-electron chi connectivity index (χ1n) is 6.74. The Morgan fingerprint density at radius 2 is 1.59 bits per heavy atom. The van der Waals surface area contributed by atoms with Crippen LogP contribution in [0.3, 0.4) is 0 Å². The molecule has 0 aromatic carbocycles. The van der Waals surface area contributed by atoms with E-state index in [0.717, 1.165) is 6.54 Å². The summed E-state index contributed by atoms with van der Waals surface area (Å²) in [5.41, 5.74) is 1.75. The third-order valence-electron chi connectivity index (χ3n) is 4.13. The predicted octanol–water partition coefficient (Wildman–Crippen LogP) is 3.37. The van der Waals surface area contributed by atoms with Gasteiger partial charge in [0.2, 0.25) is 14.2 Å². The van der Waals surface area contributed by atoms with Gasteiger partial charge in [0.25, 0.3) is 0 Å². The molecule has 1 fully saturated rings. The largest absolute Gasteiger partial charge is 0.399 e. The van der Waals surface area contributed by atoms with E-state index in [1.807, 2.05) is 4.90 Å². The van der Waals surface area contributed by atoms with Gasteiger partial charge in [0, 0.05) is 13.0 Å². The zero-order valence-electron chi connectivity index (χ0n) is 12.1. The van der Waals surface area contributed by atoms with Gasteiger partial charge in [-0.1, -0.05) is 41.5 Å². The Bertz CT molecular complexity index is 255. The maximum Gasteiger partial charge on any atom is 0.226 e. The van der Waals surface area contributed by atoms with Crippen molar-refractivity contribution >= 4 is 14.2 Å². The highest BCUT2D eigenvalue weighted by atomic mass is 28.4. The Morgan fingerprint density at radius 1 is 1.12 bits per heavy atom. The fourth-order valence-electron chi connectivity index (χ4n) is 3.19. The molecular formula is C13H27NO2Si. The molecule has 1 amide bonds. The van der Waals surface area contributed by atoms with Crippen LogP contribution in [0, 0.1) is 0 Å². The summed E-state index contributed by atoms with van der Waals surface area (Å²) >= 11 is 0. The van der Waals surface area contributed by atoms with Crippen LogP contribution in [0.5, 0.6) is 0 Å². The maximum absolute atomic E-state index is 11.3. The second kappa shape index (κ2) is 5.53. The summed E-state index contributed by atoms with van der Waals surface area (Å²) in [5, 5.41) is 0. The summed E-state index contributed by atoms with van der Waals surface area (Å²) in [6, 6.07) is 0. The van der Waals surface area contributed by atoms with Gasteiger partial charge in [0.1, 0.15) is 6.73 Å². The number of hydrogen-bond donors (Lipinski definition) is 0. The first kappa shape index (κ1) is 14.7. The molecule has 0 aliphatic carbocycles. The van der Waals surface area contributed by atoms with Crippen LogP contribution < -0.4 is 0 Å². The first-order valence-corrected chi connectivity index (χ1v) is 8.88. The van der Waals surface area contributed by atoms with E-state index >= 15 is 0 Å². The lowest BCUT2D eigenvalue weighted by molar-refractivity contribution is -0.144. The summed E-state index contributed by atoms with van der Waals surface area (Å²) in [4.78, 5) is 13.1. The number of nitrogens with zero attached hydrogens (tertiary/aromatic N) is 1. The van der Waals surface area contributed by atoms with Crippen molar-refractivity contribution in [3.8, 4) is 0 Å². The van der Waals surface area contributed by atoms with Crippen LogP contribution in [0.1, 0.15) is 48.0 Å². The van der Waals surface area contributed by atoms with Crippen LogP contribution in [0.25, 0.3) is 0 Å². The van der Waals surface area contributed by atoms with E-state index in [2.05, 4.69) is 41.5 Å². The molecule has 0 spiro atoms. The van der Waals surface area contributed by atoms with E-state index in [9.17, 15) is 4.79 Å². The Morgan fingerprint density at radius 3 is 1.82 bits per heavy atom. The SMILES string of the molecule is CC(C)[Si](OCN1CCC1=O)(C(C)C)C(C)C. The minimum absolute atomic E-state index is 0.240. The zero-order valence-corrected chi connectivity index (χ0v) is 13.1. The van der Waals surface area contributed by atoms with E-state index < -0.39 is 8.32 Å². The van der Waals surface area contributed by atoms with Crippen molar-refractivity contribution in [1.82, 2.24) is 4.90 Å². The molecule has 1 aliphatic heterocycles. The normalized spacial score (nSPS) is 17.2. The molecule has 4 heteroatoms. The van der Waals surface area contributed by atoms with E-state index in [0.29, 0.717) is 29.8 Å². The molecule has 17 heavy (non-hydrogen) atoms. The lowest BCUT2D eigenvalue weighted by Crippen LogP contribution is -2.53. The number of amides is 1. The van der Waals surface area contributed by atoms with E-state index in [-0.39, 0.29) is 5.91 Å². The molecule has 1 heterocycles. The number of carbonyl (C=O) groups excluding carboxylic acids is 1. The molecule has 1 saturated heterocycles. The van der Waals surface area contributed by atoms with Crippen LogP contribution >= 0.6 is 0 Å². The van der Waals surface area contributed by atoms with E-state index in [1.165, 1.54) is 0 Å².